The number of cyclic esters (lactones) is 4. The first-order chi connectivity index (χ1) is 10.9. The minimum absolute atomic E-state index is 0.182. The molecule has 0 amide bonds. The topological polar surface area (TPSA) is 86.7 Å². The van der Waals surface area contributed by atoms with E-state index < -0.39 is 41.1 Å². The third-order valence-corrected chi connectivity index (χ3v) is 5.24. The highest BCUT2D eigenvalue weighted by atomic mass is 16.6. The van der Waals surface area contributed by atoms with Crippen LogP contribution in [0.5, 0.6) is 0 Å². The van der Waals surface area contributed by atoms with Gasteiger partial charge in [-0.25, -0.2) is 0 Å². The number of carbonyl (C=O) groups excluding carboxylic acids is 4. The van der Waals surface area contributed by atoms with Crippen molar-refractivity contribution >= 4 is 23.9 Å². The molecule has 0 saturated carbocycles. The second-order valence-corrected chi connectivity index (χ2v) is 6.43. The van der Waals surface area contributed by atoms with Gasteiger partial charge >= 0.3 is 23.9 Å². The molecule has 0 N–H and O–H groups in total. The van der Waals surface area contributed by atoms with Crippen molar-refractivity contribution in [2.45, 2.75) is 32.1 Å². The summed E-state index contributed by atoms with van der Waals surface area (Å²) in [4.78, 5) is 48.5. The van der Waals surface area contributed by atoms with Crippen molar-refractivity contribution in [3.8, 4) is 0 Å². The molecule has 1 aromatic carbocycles. The quantitative estimate of drug-likeness (QED) is 0.571. The Morgan fingerprint density at radius 2 is 1.87 bits per heavy atom. The van der Waals surface area contributed by atoms with Crippen LogP contribution in [0.15, 0.2) is 18.2 Å². The van der Waals surface area contributed by atoms with E-state index in [2.05, 4.69) is 4.74 Å². The molecule has 6 heteroatoms. The number of hydrogen-bond acceptors (Lipinski definition) is 6. The highest BCUT2D eigenvalue weighted by Crippen LogP contribution is 2.57. The number of aryl methyl sites for hydroxylation is 2. The highest BCUT2D eigenvalue weighted by Gasteiger charge is 2.67. The van der Waals surface area contributed by atoms with Gasteiger partial charge < -0.3 is 9.47 Å². The number of esters is 4. The van der Waals surface area contributed by atoms with Crippen LogP contribution in [0.1, 0.15) is 35.4 Å². The summed E-state index contributed by atoms with van der Waals surface area (Å²) in [6.45, 7) is 1.89. The molecule has 0 bridgehead atoms. The van der Waals surface area contributed by atoms with Gasteiger partial charge in [0.25, 0.3) is 0 Å². The van der Waals surface area contributed by atoms with Crippen LogP contribution < -0.4 is 0 Å². The first-order valence-corrected chi connectivity index (χ1v) is 7.53. The van der Waals surface area contributed by atoms with Gasteiger partial charge in [-0.05, 0) is 30.9 Å². The molecular formula is C17H14O6. The largest absolute Gasteiger partial charge is 0.393 e. The van der Waals surface area contributed by atoms with Gasteiger partial charge in [-0.2, -0.15) is 0 Å². The van der Waals surface area contributed by atoms with Gasteiger partial charge in [-0.15, -0.1) is 0 Å². The maximum absolute atomic E-state index is 12.5. The summed E-state index contributed by atoms with van der Waals surface area (Å²) in [6.07, 6.45) is 0.663. The lowest BCUT2D eigenvalue weighted by Gasteiger charge is -2.37. The van der Waals surface area contributed by atoms with Crippen LogP contribution in [-0.4, -0.2) is 23.9 Å². The minimum Gasteiger partial charge on any atom is -0.393 e. The van der Waals surface area contributed by atoms with Crippen LogP contribution in [0.25, 0.3) is 0 Å². The molecule has 4 rings (SSSR count). The average molecular weight is 314 g/mol. The second kappa shape index (κ2) is 4.50. The number of benzene rings is 1. The van der Waals surface area contributed by atoms with E-state index in [4.69, 9.17) is 4.74 Å². The zero-order valence-electron chi connectivity index (χ0n) is 12.5. The molecule has 2 fully saturated rings. The molecule has 23 heavy (non-hydrogen) atoms. The third kappa shape index (κ3) is 1.75. The van der Waals surface area contributed by atoms with Crippen LogP contribution in [0.2, 0.25) is 0 Å². The van der Waals surface area contributed by atoms with Gasteiger partial charge in [0.15, 0.2) is 0 Å². The van der Waals surface area contributed by atoms with Crippen LogP contribution >= 0.6 is 0 Å². The standard InChI is InChI=1S/C17H14O6/c1-8-2-3-9-4-5-17(11-7-12(18)22-14(11)19)13(10(9)6-8)15(20)23-16(17)21/h2-3,6,11,13H,4-5,7H2,1H3. The van der Waals surface area contributed by atoms with E-state index in [0.717, 1.165) is 16.7 Å². The SMILES string of the molecule is Cc1ccc2c(c1)C1C(=O)OC(=O)C1(C1CC(=O)OC1=O)CC2. The van der Waals surface area contributed by atoms with Crippen molar-refractivity contribution in [1.82, 2.24) is 0 Å². The van der Waals surface area contributed by atoms with E-state index >= 15 is 0 Å². The smallest absolute Gasteiger partial charge is 0.322 e. The lowest BCUT2D eigenvalue weighted by Crippen LogP contribution is -2.45. The van der Waals surface area contributed by atoms with Crippen molar-refractivity contribution in [2.24, 2.45) is 11.3 Å². The summed E-state index contributed by atoms with van der Waals surface area (Å²) in [6, 6.07) is 5.74. The maximum Gasteiger partial charge on any atom is 0.322 e. The molecule has 0 aromatic heterocycles. The Morgan fingerprint density at radius 1 is 1.09 bits per heavy atom. The van der Waals surface area contributed by atoms with Crippen molar-refractivity contribution in [3.05, 3.63) is 34.9 Å². The van der Waals surface area contributed by atoms with Gasteiger partial charge in [-0.3, -0.25) is 19.2 Å². The Hall–Kier alpha value is -2.50. The average Bonchev–Trinajstić information content (AvgIpc) is 2.96. The van der Waals surface area contributed by atoms with E-state index in [1.807, 2.05) is 25.1 Å². The predicted molar refractivity (Wildman–Crippen MR) is 75.0 cm³/mol. The number of ether oxygens (including phenoxy) is 2. The molecule has 3 unspecified atom stereocenters. The van der Waals surface area contributed by atoms with Crippen LogP contribution in [0.4, 0.5) is 0 Å². The van der Waals surface area contributed by atoms with Gasteiger partial charge in [0, 0.05) is 0 Å². The molecule has 2 saturated heterocycles. The Kier molecular flexibility index (Phi) is 2.76. The molecule has 0 radical (unpaired) electrons. The molecule has 0 spiro atoms. The van der Waals surface area contributed by atoms with Gasteiger partial charge in [0.1, 0.15) is 5.41 Å². The highest BCUT2D eigenvalue weighted by molar-refractivity contribution is 6.07. The normalized spacial score (nSPS) is 32.4. The van der Waals surface area contributed by atoms with E-state index in [-0.39, 0.29) is 6.42 Å². The maximum atomic E-state index is 12.5. The predicted octanol–water partition coefficient (Wildman–Crippen LogP) is 1.18. The monoisotopic (exact) mass is 314 g/mol. The number of carbonyl (C=O) groups is 4. The molecule has 3 atom stereocenters. The lowest BCUT2D eigenvalue weighted by atomic mass is 9.58. The summed E-state index contributed by atoms with van der Waals surface area (Å²) >= 11 is 0. The molecule has 3 aliphatic rings. The Bertz CT molecular complexity index is 779. The fourth-order valence-corrected chi connectivity index (χ4v) is 4.16. The van der Waals surface area contributed by atoms with Crippen molar-refractivity contribution in [1.29, 1.82) is 0 Å². The van der Waals surface area contributed by atoms with Gasteiger partial charge in [0.05, 0.1) is 18.3 Å². The molecule has 1 aliphatic carbocycles. The summed E-state index contributed by atoms with van der Waals surface area (Å²) in [5.74, 6) is -4.54. The molecule has 1 aromatic rings. The Labute approximate surface area is 131 Å². The Morgan fingerprint density at radius 3 is 2.57 bits per heavy atom. The molecule has 2 heterocycles. The van der Waals surface area contributed by atoms with Crippen LogP contribution in [0.3, 0.4) is 0 Å². The van der Waals surface area contributed by atoms with Gasteiger partial charge in [0.2, 0.25) is 0 Å². The molecule has 2 aliphatic heterocycles. The van der Waals surface area contributed by atoms with E-state index in [9.17, 15) is 19.2 Å². The van der Waals surface area contributed by atoms with E-state index in [1.54, 1.807) is 0 Å². The fraction of sp³-hybridized carbons (Fsp3) is 0.412. The second-order valence-electron chi connectivity index (χ2n) is 6.43. The summed E-state index contributed by atoms with van der Waals surface area (Å²) in [7, 11) is 0. The first kappa shape index (κ1) is 14.1. The first-order valence-electron chi connectivity index (χ1n) is 7.53. The zero-order valence-corrected chi connectivity index (χ0v) is 12.5. The van der Waals surface area contributed by atoms with Crippen molar-refractivity contribution < 1.29 is 28.7 Å². The van der Waals surface area contributed by atoms with Crippen LogP contribution in [0, 0.1) is 18.3 Å². The molecule has 6 nitrogen and oxygen atoms in total. The Balaban J connectivity index is 1.91. The zero-order chi connectivity index (χ0) is 16.4. The van der Waals surface area contributed by atoms with Crippen molar-refractivity contribution in [3.63, 3.8) is 0 Å². The van der Waals surface area contributed by atoms with Crippen LogP contribution in [-0.2, 0) is 35.1 Å². The summed E-state index contributed by atoms with van der Waals surface area (Å²) < 4.78 is 9.54. The third-order valence-electron chi connectivity index (χ3n) is 5.24. The number of rotatable bonds is 1. The molecule has 118 valence electrons. The van der Waals surface area contributed by atoms with E-state index in [0.29, 0.717) is 12.8 Å². The lowest BCUT2D eigenvalue weighted by molar-refractivity contribution is -0.162. The van der Waals surface area contributed by atoms with E-state index in [1.165, 1.54) is 0 Å². The number of hydrogen-bond donors (Lipinski definition) is 0. The number of fused-ring (bicyclic) bond motifs is 3. The summed E-state index contributed by atoms with van der Waals surface area (Å²) in [5.41, 5.74) is 1.33. The van der Waals surface area contributed by atoms with Gasteiger partial charge in [-0.1, -0.05) is 23.8 Å². The fourth-order valence-electron chi connectivity index (χ4n) is 4.16. The summed E-state index contributed by atoms with van der Waals surface area (Å²) in [5, 5.41) is 0. The minimum atomic E-state index is -1.32. The molecular weight excluding hydrogens is 300 g/mol. The van der Waals surface area contributed by atoms with Crippen molar-refractivity contribution in [2.75, 3.05) is 0 Å².